The Hall–Kier alpha value is -3.80. The number of aromatic amines is 1. The number of halogens is 3. The number of alkyl halides is 3. The van der Waals surface area contributed by atoms with Crippen LogP contribution in [-0.4, -0.2) is 21.8 Å². The molecule has 4 aromatic rings. The van der Waals surface area contributed by atoms with Crippen LogP contribution in [0.5, 0.6) is 5.75 Å². The predicted molar refractivity (Wildman–Crippen MR) is 88.4 cm³/mol. The maximum atomic E-state index is 12.7. The lowest BCUT2D eigenvalue weighted by Crippen LogP contribution is -2.17. The minimum atomic E-state index is -4.85. The second kappa shape index (κ2) is 6.17. The van der Waals surface area contributed by atoms with Crippen LogP contribution in [0.3, 0.4) is 0 Å². The molecule has 6 nitrogen and oxygen atoms in total. The number of hydrogen-bond donors (Lipinski definition) is 1. The van der Waals surface area contributed by atoms with E-state index >= 15 is 0 Å². The molecular weight excluding hydrogens is 361 g/mol. The van der Waals surface area contributed by atoms with Gasteiger partial charge >= 0.3 is 6.36 Å². The number of H-pyrrole nitrogens is 1. The van der Waals surface area contributed by atoms with Crippen molar-refractivity contribution in [2.24, 2.45) is 0 Å². The van der Waals surface area contributed by atoms with Crippen molar-refractivity contribution in [3.05, 3.63) is 54.4 Å². The van der Waals surface area contributed by atoms with E-state index in [9.17, 15) is 13.2 Å². The van der Waals surface area contributed by atoms with Gasteiger partial charge in [-0.2, -0.15) is 5.26 Å². The fourth-order valence-electron chi connectivity index (χ4n) is 2.75. The van der Waals surface area contributed by atoms with Gasteiger partial charge in [0.05, 0.1) is 6.26 Å². The second-order valence-corrected chi connectivity index (χ2v) is 5.61. The van der Waals surface area contributed by atoms with E-state index in [-0.39, 0.29) is 17.0 Å². The van der Waals surface area contributed by atoms with E-state index in [1.165, 1.54) is 12.3 Å². The normalized spacial score (nSPS) is 11.5. The molecule has 0 bridgehead atoms. The van der Waals surface area contributed by atoms with E-state index in [4.69, 9.17) is 9.68 Å². The number of ether oxygens (including phenoxy) is 1. The molecule has 9 heteroatoms. The van der Waals surface area contributed by atoms with Gasteiger partial charge in [-0.1, -0.05) is 11.3 Å². The number of nitrogens with one attached hydrogen (secondary N) is 1. The topological polar surface area (TPSA) is 87.7 Å². The molecule has 0 unspecified atom stereocenters. The summed E-state index contributed by atoms with van der Waals surface area (Å²) in [4.78, 5) is 0. The summed E-state index contributed by atoms with van der Waals surface area (Å²) in [6.45, 7) is 0. The van der Waals surface area contributed by atoms with Gasteiger partial charge in [-0.05, 0) is 47.5 Å². The Balaban J connectivity index is 1.88. The van der Waals surface area contributed by atoms with Crippen LogP contribution in [-0.2, 0) is 0 Å². The Morgan fingerprint density at radius 3 is 2.63 bits per heavy atom. The van der Waals surface area contributed by atoms with Crippen LogP contribution in [0.15, 0.2) is 53.1 Å². The van der Waals surface area contributed by atoms with Crippen molar-refractivity contribution in [1.82, 2.24) is 15.4 Å². The van der Waals surface area contributed by atoms with E-state index in [0.29, 0.717) is 16.7 Å². The predicted octanol–water partition coefficient (Wildman–Crippen LogP) is 4.66. The van der Waals surface area contributed by atoms with Crippen LogP contribution in [0, 0.1) is 11.3 Å². The summed E-state index contributed by atoms with van der Waals surface area (Å²) < 4.78 is 47.6. The first kappa shape index (κ1) is 16.7. The largest absolute Gasteiger partial charge is 0.573 e. The van der Waals surface area contributed by atoms with Crippen molar-refractivity contribution in [2.75, 3.05) is 0 Å². The summed E-state index contributed by atoms with van der Waals surface area (Å²) in [5.41, 5.74) is 2.21. The Morgan fingerprint density at radius 1 is 1.04 bits per heavy atom. The average Bonchev–Trinajstić information content (AvgIpc) is 3.28. The lowest BCUT2D eigenvalue weighted by atomic mass is 9.99. The third kappa shape index (κ3) is 3.32. The zero-order valence-corrected chi connectivity index (χ0v) is 13.4. The number of aromatic nitrogens is 3. The van der Waals surface area contributed by atoms with Gasteiger partial charge in [-0.15, -0.1) is 18.3 Å². The zero-order chi connectivity index (χ0) is 19.0. The molecule has 0 atom stereocenters. The smallest absolute Gasteiger partial charge is 0.464 e. The maximum Gasteiger partial charge on any atom is 0.573 e. The van der Waals surface area contributed by atoms with Crippen molar-refractivity contribution in [2.45, 2.75) is 6.36 Å². The highest BCUT2D eigenvalue weighted by molar-refractivity contribution is 5.85. The van der Waals surface area contributed by atoms with Gasteiger partial charge in [0.25, 0.3) is 0 Å². The number of nitriles is 1. The van der Waals surface area contributed by atoms with Gasteiger partial charge in [0.15, 0.2) is 5.69 Å². The minimum absolute atomic E-state index is 0.0374. The summed E-state index contributed by atoms with van der Waals surface area (Å²) in [5, 5.41) is 19.7. The highest BCUT2D eigenvalue weighted by Crippen LogP contribution is 2.35. The highest BCUT2D eigenvalue weighted by atomic mass is 19.4. The molecule has 2 aromatic carbocycles. The van der Waals surface area contributed by atoms with Crippen LogP contribution in [0.4, 0.5) is 13.2 Å². The van der Waals surface area contributed by atoms with Crippen molar-refractivity contribution in [3.8, 4) is 34.2 Å². The fourth-order valence-corrected chi connectivity index (χ4v) is 2.75. The molecule has 0 spiro atoms. The molecule has 0 aliphatic rings. The van der Waals surface area contributed by atoms with Gasteiger partial charge in [-0.3, -0.25) is 0 Å². The van der Waals surface area contributed by atoms with Crippen molar-refractivity contribution in [3.63, 3.8) is 0 Å². The number of furan rings is 1. The molecule has 0 fully saturated rings. The average molecular weight is 370 g/mol. The molecule has 0 aliphatic heterocycles. The zero-order valence-electron chi connectivity index (χ0n) is 13.4. The first-order valence-electron chi connectivity index (χ1n) is 7.63. The molecule has 0 saturated heterocycles. The van der Waals surface area contributed by atoms with Gasteiger partial charge in [0.2, 0.25) is 0 Å². The lowest BCUT2D eigenvalue weighted by molar-refractivity contribution is -0.274. The Labute approximate surface area is 149 Å². The van der Waals surface area contributed by atoms with Crippen LogP contribution < -0.4 is 4.74 Å². The maximum absolute atomic E-state index is 12.7. The standard InChI is InChI=1S/C18H9F3N4O2/c19-18(20,21)27-14-7-12(10-1-2-16-11(5-10)3-4-26-16)6-13(8-14)17-15(9-22)23-25-24-17/h1-8H,(H,23,24,25). The molecule has 134 valence electrons. The van der Waals surface area contributed by atoms with Crippen molar-refractivity contribution in [1.29, 1.82) is 5.26 Å². The lowest BCUT2D eigenvalue weighted by Gasteiger charge is -2.12. The molecule has 27 heavy (non-hydrogen) atoms. The van der Waals surface area contributed by atoms with Gasteiger partial charge in [0.1, 0.15) is 23.1 Å². The van der Waals surface area contributed by atoms with Gasteiger partial charge in [0, 0.05) is 10.9 Å². The van der Waals surface area contributed by atoms with E-state index in [1.54, 1.807) is 30.3 Å². The number of hydrogen-bond acceptors (Lipinski definition) is 5. The summed E-state index contributed by atoms with van der Waals surface area (Å²) in [6.07, 6.45) is -3.33. The van der Waals surface area contributed by atoms with Gasteiger partial charge in [-0.25, -0.2) is 5.10 Å². The molecule has 4 rings (SSSR count). The third-order valence-corrected chi connectivity index (χ3v) is 3.86. The van der Waals surface area contributed by atoms with Crippen LogP contribution in [0.2, 0.25) is 0 Å². The number of fused-ring (bicyclic) bond motifs is 1. The van der Waals surface area contributed by atoms with Crippen LogP contribution in [0.25, 0.3) is 33.4 Å². The molecule has 0 aliphatic carbocycles. The van der Waals surface area contributed by atoms with Crippen molar-refractivity contribution >= 4 is 11.0 Å². The fraction of sp³-hybridized carbons (Fsp3) is 0.0556. The molecule has 2 aromatic heterocycles. The molecule has 2 heterocycles. The summed E-state index contributed by atoms with van der Waals surface area (Å²) >= 11 is 0. The summed E-state index contributed by atoms with van der Waals surface area (Å²) in [6, 6.07) is 12.9. The van der Waals surface area contributed by atoms with E-state index in [2.05, 4.69) is 20.1 Å². The van der Waals surface area contributed by atoms with Gasteiger partial charge < -0.3 is 9.15 Å². The number of benzene rings is 2. The quantitative estimate of drug-likeness (QED) is 0.567. The molecule has 0 amide bonds. The number of rotatable bonds is 3. The number of nitrogens with zero attached hydrogens (tertiary/aromatic N) is 3. The molecular formula is C18H9F3N4O2. The first-order chi connectivity index (χ1) is 12.9. The minimum Gasteiger partial charge on any atom is -0.464 e. The molecule has 0 saturated carbocycles. The summed E-state index contributed by atoms with van der Waals surface area (Å²) in [7, 11) is 0. The summed E-state index contributed by atoms with van der Waals surface area (Å²) in [5.74, 6) is -0.422. The molecule has 1 N–H and O–H groups in total. The first-order valence-corrected chi connectivity index (χ1v) is 7.63. The molecule has 0 radical (unpaired) electrons. The van der Waals surface area contributed by atoms with Crippen LogP contribution >= 0.6 is 0 Å². The van der Waals surface area contributed by atoms with E-state index in [1.807, 2.05) is 6.07 Å². The van der Waals surface area contributed by atoms with E-state index in [0.717, 1.165) is 11.5 Å². The third-order valence-electron chi connectivity index (χ3n) is 3.86. The monoisotopic (exact) mass is 370 g/mol. The SMILES string of the molecule is N#Cc1[nH]nnc1-c1cc(OC(F)(F)F)cc(-c2ccc3occc3c2)c1. The van der Waals surface area contributed by atoms with E-state index < -0.39 is 12.1 Å². The van der Waals surface area contributed by atoms with Crippen LogP contribution in [0.1, 0.15) is 5.69 Å². The Bertz CT molecular complexity index is 1170. The highest BCUT2D eigenvalue weighted by Gasteiger charge is 2.31. The Morgan fingerprint density at radius 2 is 1.85 bits per heavy atom. The van der Waals surface area contributed by atoms with Crippen molar-refractivity contribution < 1.29 is 22.3 Å². The Kier molecular flexibility index (Phi) is 3.81. The second-order valence-electron chi connectivity index (χ2n) is 5.61.